The minimum absolute atomic E-state index is 0.0622. The van der Waals surface area contributed by atoms with Gasteiger partial charge in [0.2, 0.25) is 5.91 Å². The first-order chi connectivity index (χ1) is 14.4. The van der Waals surface area contributed by atoms with Crippen molar-refractivity contribution in [2.24, 2.45) is 0 Å². The number of carboxylic acid groups (broad SMARTS) is 1. The third kappa shape index (κ3) is 3.26. The van der Waals surface area contributed by atoms with Crippen molar-refractivity contribution in [1.29, 1.82) is 0 Å². The predicted octanol–water partition coefficient (Wildman–Crippen LogP) is 3.81. The molecule has 1 atom stereocenters. The highest BCUT2D eigenvalue weighted by molar-refractivity contribution is 6.04. The minimum atomic E-state index is -1.19. The molecule has 0 radical (unpaired) electrons. The van der Waals surface area contributed by atoms with Gasteiger partial charge in [-0.3, -0.25) is 4.79 Å². The first kappa shape index (κ1) is 19.5. The van der Waals surface area contributed by atoms with Crippen LogP contribution in [0.15, 0.2) is 48.7 Å². The number of halogens is 1. The van der Waals surface area contributed by atoms with E-state index in [0.717, 1.165) is 5.56 Å². The van der Waals surface area contributed by atoms with E-state index in [0.29, 0.717) is 22.9 Å². The molecular weight excluding hydrogens is 391 g/mol. The Morgan fingerprint density at radius 2 is 1.93 bits per heavy atom. The number of carbonyl (C=O) groups is 2. The summed E-state index contributed by atoms with van der Waals surface area (Å²) in [6.45, 7) is 0. The molecule has 0 unspecified atom stereocenters. The summed E-state index contributed by atoms with van der Waals surface area (Å²) in [5.41, 5.74) is 1.91. The molecule has 2 N–H and O–H groups in total. The predicted molar refractivity (Wildman–Crippen MR) is 107 cm³/mol. The van der Waals surface area contributed by atoms with E-state index < -0.39 is 17.7 Å². The Bertz CT molecular complexity index is 1150. The summed E-state index contributed by atoms with van der Waals surface area (Å²) in [6.07, 6.45) is 1.50. The molecule has 0 spiro atoms. The van der Waals surface area contributed by atoms with Crippen molar-refractivity contribution in [3.63, 3.8) is 0 Å². The molecule has 1 amide bonds. The number of hydrogen-bond donors (Lipinski definition) is 2. The molecule has 4 rings (SSSR count). The zero-order valence-corrected chi connectivity index (χ0v) is 16.3. The monoisotopic (exact) mass is 410 g/mol. The number of amides is 1. The number of carboxylic acids is 1. The molecule has 30 heavy (non-hydrogen) atoms. The maximum absolute atomic E-state index is 13.9. The number of fused-ring (bicyclic) bond motifs is 1. The number of hydrogen-bond acceptors (Lipinski definition) is 4. The number of aromatic carboxylic acids is 1. The fraction of sp³-hybridized carbons (Fsp3) is 0.182. The van der Waals surface area contributed by atoms with Crippen molar-refractivity contribution in [1.82, 2.24) is 4.57 Å². The maximum atomic E-state index is 13.9. The largest absolute Gasteiger partial charge is 0.493 e. The number of benzene rings is 2. The lowest BCUT2D eigenvalue weighted by Gasteiger charge is -2.26. The number of ether oxygens (including phenoxy) is 2. The topological polar surface area (TPSA) is 89.8 Å². The van der Waals surface area contributed by atoms with Gasteiger partial charge in [-0.25, -0.2) is 9.18 Å². The molecule has 0 saturated carbocycles. The summed E-state index contributed by atoms with van der Waals surface area (Å²) >= 11 is 0. The Morgan fingerprint density at radius 1 is 1.17 bits per heavy atom. The Morgan fingerprint density at radius 3 is 2.60 bits per heavy atom. The third-order valence-corrected chi connectivity index (χ3v) is 5.15. The van der Waals surface area contributed by atoms with E-state index in [1.54, 1.807) is 34.9 Å². The molecule has 2 heterocycles. The lowest BCUT2D eigenvalue weighted by atomic mass is 9.88. The molecular formula is C22H19FN2O5. The zero-order valence-electron chi connectivity index (χ0n) is 16.3. The van der Waals surface area contributed by atoms with Crippen LogP contribution in [0.3, 0.4) is 0 Å². The average Bonchev–Trinajstić information content (AvgIpc) is 3.12. The third-order valence-electron chi connectivity index (χ3n) is 5.15. The van der Waals surface area contributed by atoms with Crippen LogP contribution in [0.5, 0.6) is 11.5 Å². The van der Waals surface area contributed by atoms with E-state index in [4.69, 9.17) is 9.47 Å². The fourth-order valence-corrected chi connectivity index (χ4v) is 3.81. The number of methoxy groups -OCH3 is 2. The number of nitrogens with zero attached hydrogens (tertiary/aromatic N) is 1. The van der Waals surface area contributed by atoms with Crippen LogP contribution in [0, 0.1) is 5.82 Å². The zero-order chi connectivity index (χ0) is 21.4. The van der Waals surface area contributed by atoms with E-state index in [9.17, 15) is 19.1 Å². The Balaban J connectivity index is 1.95. The van der Waals surface area contributed by atoms with Gasteiger partial charge in [-0.2, -0.15) is 0 Å². The SMILES string of the molecule is COc1ccc([C@H]2CC(=O)Nc3c(C(=O)O)cn(-c4cccc(F)c4)c32)cc1OC. The van der Waals surface area contributed by atoms with Gasteiger partial charge in [0, 0.05) is 24.2 Å². The van der Waals surface area contributed by atoms with Gasteiger partial charge in [0.1, 0.15) is 11.4 Å². The maximum Gasteiger partial charge on any atom is 0.339 e. The average molecular weight is 410 g/mol. The van der Waals surface area contributed by atoms with Crippen LogP contribution in [-0.4, -0.2) is 35.8 Å². The number of nitrogens with one attached hydrogen (secondary N) is 1. The normalized spacial score (nSPS) is 15.3. The highest BCUT2D eigenvalue weighted by Crippen LogP contribution is 2.43. The van der Waals surface area contributed by atoms with Crippen molar-refractivity contribution >= 4 is 17.6 Å². The second-order valence-electron chi connectivity index (χ2n) is 6.88. The summed E-state index contributed by atoms with van der Waals surface area (Å²) in [7, 11) is 3.04. The summed E-state index contributed by atoms with van der Waals surface area (Å²) < 4.78 is 26.2. The van der Waals surface area contributed by atoms with Crippen LogP contribution in [0.25, 0.3) is 5.69 Å². The highest BCUT2D eigenvalue weighted by Gasteiger charge is 2.34. The van der Waals surface area contributed by atoms with Gasteiger partial charge in [0.25, 0.3) is 0 Å². The molecule has 3 aromatic rings. The van der Waals surface area contributed by atoms with Crippen molar-refractivity contribution in [2.75, 3.05) is 19.5 Å². The van der Waals surface area contributed by atoms with E-state index in [2.05, 4.69) is 5.32 Å². The lowest BCUT2D eigenvalue weighted by molar-refractivity contribution is -0.116. The van der Waals surface area contributed by atoms with Gasteiger partial charge in [-0.15, -0.1) is 0 Å². The molecule has 0 saturated heterocycles. The second-order valence-corrected chi connectivity index (χ2v) is 6.88. The number of carbonyl (C=O) groups excluding carboxylic acids is 1. The summed E-state index contributed by atoms with van der Waals surface area (Å²) in [4.78, 5) is 24.3. The number of aromatic nitrogens is 1. The number of anilines is 1. The van der Waals surface area contributed by atoms with Gasteiger partial charge in [-0.05, 0) is 35.9 Å². The molecule has 0 bridgehead atoms. The van der Waals surface area contributed by atoms with Crippen LogP contribution >= 0.6 is 0 Å². The minimum Gasteiger partial charge on any atom is -0.493 e. The van der Waals surface area contributed by atoms with Gasteiger partial charge in [0.05, 0.1) is 25.6 Å². The van der Waals surface area contributed by atoms with E-state index >= 15 is 0 Å². The molecule has 0 aliphatic carbocycles. The summed E-state index contributed by atoms with van der Waals surface area (Å²) in [6, 6.07) is 11.1. The van der Waals surface area contributed by atoms with Crippen molar-refractivity contribution < 1.29 is 28.6 Å². The van der Waals surface area contributed by atoms with Gasteiger partial charge >= 0.3 is 5.97 Å². The molecule has 154 valence electrons. The quantitative estimate of drug-likeness (QED) is 0.668. The van der Waals surface area contributed by atoms with E-state index in [1.807, 2.05) is 0 Å². The van der Waals surface area contributed by atoms with Crippen LogP contribution in [-0.2, 0) is 4.79 Å². The lowest BCUT2D eigenvalue weighted by Crippen LogP contribution is -2.25. The van der Waals surface area contributed by atoms with Crippen molar-refractivity contribution in [3.8, 4) is 17.2 Å². The number of rotatable bonds is 5. The second kappa shape index (κ2) is 7.55. The van der Waals surface area contributed by atoms with Crippen molar-refractivity contribution in [2.45, 2.75) is 12.3 Å². The highest BCUT2D eigenvalue weighted by atomic mass is 19.1. The Hall–Kier alpha value is -3.81. The van der Waals surface area contributed by atoms with Gasteiger partial charge < -0.3 is 24.5 Å². The Kier molecular flexibility index (Phi) is 4.91. The standard InChI is InChI=1S/C22H19FN2O5/c1-29-17-7-6-12(8-18(17)30-2)15-10-19(26)24-20-16(22(27)28)11-25(21(15)20)14-5-3-4-13(23)9-14/h3-9,11,15H,10H2,1-2H3,(H,24,26)(H,27,28)/t15-/m1/s1. The first-order valence-electron chi connectivity index (χ1n) is 9.19. The van der Waals surface area contributed by atoms with Crippen LogP contribution in [0.4, 0.5) is 10.1 Å². The van der Waals surface area contributed by atoms with Gasteiger partial charge in [-0.1, -0.05) is 12.1 Å². The smallest absolute Gasteiger partial charge is 0.339 e. The molecule has 1 aromatic heterocycles. The van der Waals surface area contributed by atoms with Gasteiger partial charge in [0.15, 0.2) is 11.5 Å². The molecule has 7 nitrogen and oxygen atoms in total. The van der Waals surface area contributed by atoms with Crippen LogP contribution in [0.1, 0.15) is 34.0 Å². The molecule has 1 aliphatic heterocycles. The van der Waals surface area contributed by atoms with E-state index in [1.165, 1.54) is 32.5 Å². The first-order valence-corrected chi connectivity index (χ1v) is 9.19. The molecule has 1 aliphatic rings. The summed E-state index contributed by atoms with van der Waals surface area (Å²) in [5.74, 6) is -1.38. The Labute approximate surface area is 171 Å². The fourth-order valence-electron chi connectivity index (χ4n) is 3.81. The molecule has 8 heteroatoms. The van der Waals surface area contributed by atoms with Crippen LogP contribution in [0.2, 0.25) is 0 Å². The molecule has 2 aromatic carbocycles. The van der Waals surface area contributed by atoms with Crippen LogP contribution < -0.4 is 14.8 Å². The summed E-state index contributed by atoms with van der Waals surface area (Å²) in [5, 5.41) is 12.3. The van der Waals surface area contributed by atoms with E-state index in [-0.39, 0.29) is 23.6 Å². The molecule has 0 fully saturated rings. The van der Waals surface area contributed by atoms with Crippen molar-refractivity contribution in [3.05, 3.63) is 71.3 Å².